The smallest absolute Gasteiger partial charge is 0.257 e. The molecule has 1 aromatic heterocycles. The van der Waals surface area contributed by atoms with E-state index in [0.717, 1.165) is 11.3 Å². The molecular formula is C15H22N2O2. The molecule has 0 radical (unpaired) electrons. The summed E-state index contributed by atoms with van der Waals surface area (Å²) in [6.07, 6.45) is 0.355. The van der Waals surface area contributed by atoms with Gasteiger partial charge in [-0.3, -0.25) is 4.79 Å². The number of nitriles is 1. The number of carbonyl (C=O) groups is 1. The summed E-state index contributed by atoms with van der Waals surface area (Å²) in [6.45, 7) is 10.8. The molecular weight excluding hydrogens is 240 g/mol. The van der Waals surface area contributed by atoms with Crippen LogP contribution >= 0.6 is 0 Å². The second kappa shape index (κ2) is 6.42. The van der Waals surface area contributed by atoms with Crippen LogP contribution in [0.4, 0.5) is 0 Å². The molecule has 0 saturated carbocycles. The molecule has 104 valence electrons. The van der Waals surface area contributed by atoms with Crippen LogP contribution in [0.25, 0.3) is 0 Å². The zero-order chi connectivity index (χ0) is 14.6. The second-order valence-electron chi connectivity index (χ2n) is 5.27. The van der Waals surface area contributed by atoms with E-state index in [9.17, 15) is 4.79 Å². The van der Waals surface area contributed by atoms with Gasteiger partial charge in [0.15, 0.2) is 0 Å². The number of hydrogen-bond donors (Lipinski definition) is 0. The summed E-state index contributed by atoms with van der Waals surface area (Å²) in [5.74, 6) is 1.78. The van der Waals surface area contributed by atoms with Gasteiger partial charge in [-0.05, 0) is 26.7 Å². The number of furan rings is 1. The lowest BCUT2D eigenvalue weighted by atomic mass is 10.1. The van der Waals surface area contributed by atoms with Gasteiger partial charge in [0.05, 0.1) is 18.1 Å². The van der Waals surface area contributed by atoms with Crippen molar-refractivity contribution in [2.75, 3.05) is 13.1 Å². The van der Waals surface area contributed by atoms with Crippen molar-refractivity contribution < 1.29 is 9.21 Å². The average Bonchev–Trinajstić information content (AvgIpc) is 2.57. The van der Waals surface area contributed by atoms with Crippen LogP contribution in [0.2, 0.25) is 0 Å². The standard InChI is InChI=1S/C15H22N2O2/c1-10(2)9-17(8-6-7-16)15(18)14-11(3)12(4)19-13(14)5/h10H,6,8-9H2,1-5H3. The van der Waals surface area contributed by atoms with Gasteiger partial charge in [-0.1, -0.05) is 13.8 Å². The van der Waals surface area contributed by atoms with Gasteiger partial charge in [0.2, 0.25) is 0 Å². The molecule has 4 nitrogen and oxygen atoms in total. The summed E-state index contributed by atoms with van der Waals surface area (Å²) >= 11 is 0. The molecule has 0 unspecified atom stereocenters. The zero-order valence-electron chi connectivity index (χ0n) is 12.4. The first-order valence-electron chi connectivity index (χ1n) is 6.61. The van der Waals surface area contributed by atoms with E-state index in [-0.39, 0.29) is 5.91 Å². The van der Waals surface area contributed by atoms with Crippen molar-refractivity contribution >= 4 is 5.91 Å². The number of rotatable bonds is 5. The van der Waals surface area contributed by atoms with E-state index in [1.165, 1.54) is 0 Å². The summed E-state index contributed by atoms with van der Waals surface area (Å²) in [5, 5.41) is 8.71. The molecule has 1 amide bonds. The third-order valence-electron chi connectivity index (χ3n) is 3.14. The van der Waals surface area contributed by atoms with Gasteiger partial charge in [-0.15, -0.1) is 0 Å². The van der Waals surface area contributed by atoms with Crippen LogP contribution in [0.15, 0.2) is 4.42 Å². The van der Waals surface area contributed by atoms with Gasteiger partial charge in [-0.25, -0.2) is 0 Å². The van der Waals surface area contributed by atoms with E-state index in [4.69, 9.17) is 9.68 Å². The van der Waals surface area contributed by atoms with Crippen LogP contribution < -0.4 is 0 Å². The van der Waals surface area contributed by atoms with Crippen molar-refractivity contribution in [2.24, 2.45) is 5.92 Å². The summed E-state index contributed by atoms with van der Waals surface area (Å²) in [5.41, 5.74) is 1.55. The number of nitrogens with zero attached hydrogens (tertiary/aromatic N) is 2. The fraction of sp³-hybridized carbons (Fsp3) is 0.600. The molecule has 0 aromatic carbocycles. The van der Waals surface area contributed by atoms with Crippen molar-refractivity contribution in [3.63, 3.8) is 0 Å². The first-order valence-corrected chi connectivity index (χ1v) is 6.61. The van der Waals surface area contributed by atoms with Gasteiger partial charge in [0.1, 0.15) is 11.5 Å². The highest BCUT2D eigenvalue weighted by molar-refractivity contribution is 5.96. The van der Waals surface area contributed by atoms with Crippen molar-refractivity contribution in [1.29, 1.82) is 5.26 Å². The lowest BCUT2D eigenvalue weighted by molar-refractivity contribution is 0.0737. The quantitative estimate of drug-likeness (QED) is 0.818. The van der Waals surface area contributed by atoms with Gasteiger partial charge in [-0.2, -0.15) is 5.26 Å². The maximum Gasteiger partial charge on any atom is 0.257 e. The molecule has 0 spiro atoms. The molecule has 19 heavy (non-hydrogen) atoms. The van der Waals surface area contributed by atoms with E-state index >= 15 is 0 Å². The Bertz CT molecular complexity index is 495. The van der Waals surface area contributed by atoms with Gasteiger partial charge in [0.25, 0.3) is 5.91 Å². The second-order valence-corrected chi connectivity index (χ2v) is 5.27. The summed E-state index contributed by atoms with van der Waals surface area (Å²) in [7, 11) is 0. The highest BCUT2D eigenvalue weighted by Gasteiger charge is 2.24. The number of aryl methyl sites for hydroxylation is 2. The molecule has 1 aromatic rings. The zero-order valence-corrected chi connectivity index (χ0v) is 12.4. The van der Waals surface area contributed by atoms with Crippen molar-refractivity contribution in [1.82, 2.24) is 4.90 Å². The molecule has 1 heterocycles. The molecule has 4 heteroatoms. The van der Waals surface area contributed by atoms with Crippen LogP contribution in [-0.2, 0) is 0 Å². The molecule has 0 bridgehead atoms. The largest absolute Gasteiger partial charge is 0.466 e. The molecule has 0 aliphatic carbocycles. The summed E-state index contributed by atoms with van der Waals surface area (Å²) in [6, 6.07) is 2.09. The Hall–Kier alpha value is -1.76. The summed E-state index contributed by atoms with van der Waals surface area (Å²) in [4.78, 5) is 14.3. The van der Waals surface area contributed by atoms with E-state index in [2.05, 4.69) is 19.9 Å². The van der Waals surface area contributed by atoms with Crippen molar-refractivity contribution in [3.05, 3.63) is 22.6 Å². The Morgan fingerprint density at radius 2 is 1.95 bits per heavy atom. The summed E-state index contributed by atoms with van der Waals surface area (Å²) < 4.78 is 5.51. The Morgan fingerprint density at radius 3 is 2.37 bits per heavy atom. The molecule has 0 saturated heterocycles. The van der Waals surface area contributed by atoms with Crippen LogP contribution in [0.3, 0.4) is 0 Å². The van der Waals surface area contributed by atoms with E-state index in [0.29, 0.717) is 36.8 Å². The normalized spacial score (nSPS) is 10.6. The van der Waals surface area contributed by atoms with Crippen molar-refractivity contribution in [2.45, 2.75) is 41.0 Å². The minimum absolute atomic E-state index is 0.0317. The van der Waals surface area contributed by atoms with Crippen LogP contribution in [-0.4, -0.2) is 23.9 Å². The Morgan fingerprint density at radius 1 is 1.32 bits per heavy atom. The molecule has 0 aliphatic heterocycles. The highest BCUT2D eigenvalue weighted by Crippen LogP contribution is 2.22. The molecule has 0 N–H and O–H groups in total. The maximum absolute atomic E-state index is 12.6. The Kier molecular flexibility index (Phi) is 5.17. The predicted octanol–water partition coefficient (Wildman–Crippen LogP) is 3.22. The average molecular weight is 262 g/mol. The van der Waals surface area contributed by atoms with Gasteiger partial charge >= 0.3 is 0 Å². The fourth-order valence-corrected chi connectivity index (χ4v) is 2.17. The number of hydrogen-bond acceptors (Lipinski definition) is 3. The molecule has 0 atom stereocenters. The molecule has 0 fully saturated rings. The SMILES string of the molecule is Cc1oc(C)c(C(=O)N(CCC#N)CC(C)C)c1C. The minimum Gasteiger partial charge on any atom is -0.466 e. The first-order chi connectivity index (χ1) is 8.88. The fourth-order valence-electron chi connectivity index (χ4n) is 2.17. The third kappa shape index (κ3) is 3.60. The third-order valence-corrected chi connectivity index (χ3v) is 3.14. The minimum atomic E-state index is -0.0317. The van der Waals surface area contributed by atoms with Crippen LogP contribution in [0, 0.1) is 38.0 Å². The highest BCUT2D eigenvalue weighted by atomic mass is 16.3. The number of amides is 1. The Balaban J connectivity index is 3.01. The van der Waals surface area contributed by atoms with E-state index in [1.807, 2.05) is 20.8 Å². The van der Waals surface area contributed by atoms with Crippen LogP contribution in [0.5, 0.6) is 0 Å². The van der Waals surface area contributed by atoms with Gasteiger partial charge in [0, 0.05) is 18.7 Å². The molecule has 0 aliphatic rings. The first kappa shape index (κ1) is 15.3. The topological polar surface area (TPSA) is 57.2 Å². The lowest BCUT2D eigenvalue weighted by Crippen LogP contribution is -2.35. The van der Waals surface area contributed by atoms with Gasteiger partial charge < -0.3 is 9.32 Å². The molecule has 1 rings (SSSR count). The Labute approximate surface area is 115 Å². The monoisotopic (exact) mass is 262 g/mol. The van der Waals surface area contributed by atoms with E-state index in [1.54, 1.807) is 4.90 Å². The maximum atomic E-state index is 12.6. The lowest BCUT2D eigenvalue weighted by Gasteiger charge is -2.23. The van der Waals surface area contributed by atoms with Crippen LogP contribution in [0.1, 0.15) is 47.7 Å². The number of carbonyl (C=O) groups excluding carboxylic acids is 1. The van der Waals surface area contributed by atoms with Crippen molar-refractivity contribution in [3.8, 4) is 6.07 Å². The predicted molar refractivity (Wildman–Crippen MR) is 73.9 cm³/mol. The van der Waals surface area contributed by atoms with E-state index < -0.39 is 0 Å².